The monoisotopic (exact) mass is 363 g/mol. The van der Waals surface area contributed by atoms with Gasteiger partial charge in [-0.05, 0) is 41.3 Å². The number of rotatable bonds is 6. The molecule has 4 heteroatoms. The first kappa shape index (κ1) is 18.8. The van der Waals surface area contributed by atoms with Crippen molar-refractivity contribution >= 4 is 5.91 Å². The second-order valence-corrected chi connectivity index (χ2v) is 6.80. The van der Waals surface area contributed by atoms with Gasteiger partial charge in [0.05, 0.1) is 13.0 Å². The number of hydrogen-bond donors (Lipinski definition) is 2. The molecule has 2 N–H and O–H groups in total. The fourth-order valence-corrected chi connectivity index (χ4v) is 2.88. The molecule has 3 aromatic rings. The van der Waals surface area contributed by atoms with Crippen LogP contribution in [0, 0.1) is 5.82 Å². The molecule has 0 bridgehead atoms. The Morgan fingerprint density at radius 1 is 0.926 bits per heavy atom. The molecule has 3 aromatic carbocycles. The van der Waals surface area contributed by atoms with E-state index in [0.29, 0.717) is 0 Å². The lowest BCUT2D eigenvalue weighted by molar-refractivity contribution is -0.121. The normalized spacial score (nSPS) is 13.0. The summed E-state index contributed by atoms with van der Waals surface area (Å²) < 4.78 is 12.9. The van der Waals surface area contributed by atoms with Crippen LogP contribution in [0.15, 0.2) is 78.9 Å². The molecule has 0 heterocycles. The maximum Gasteiger partial charge on any atom is 0.224 e. The van der Waals surface area contributed by atoms with Crippen LogP contribution < -0.4 is 5.32 Å². The Morgan fingerprint density at radius 2 is 1.52 bits per heavy atom. The van der Waals surface area contributed by atoms with Crippen molar-refractivity contribution in [1.82, 2.24) is 5.32 Å². The third kappa shape index (κ3) is 5.02. The number of carbonyl (C=O) groups is 1. The fourth-order valence-electron chi connectivity index (χ4n) is 2.88. The molecular formula is C23H22FNO2. The molecule has 3 rings (SSSR count). The van der Waals surface area contributed by atoms with E-state index in [-0.39, 0.29) is 24.7 Å². The van der Waals surface area contributed by atoms with E-state index in [1.54, 1.807) is 19.1 Å². The van der Waals surface area contributed by atoms with Gasteiger partial charge in [-0.25, -0.2) is 4.39 Å². The summed E-state index contributed by atoms with van der Waals surface area (Å²) in [6.07, 6.45) is 0.142. The van der Waals surface area contributed by atoms with Crippen molar-refractivity contribution in [1.29, 1.82) is 0 Å². The zero-order valence-electron chi connectivity index (χ0n) is 15.2. The highest BCUT2D eigenvalue weighted by Gasteiger charge is 2.23. The molecule has 0 fully saturated rings. The van der Waals surface area contributed by atoms with E-state index in [1.807, 2.05) is 54.6 Å². The fraction of sp³-hybridized carbons (Fsp3) is 0.174. The summed E-state index contributed by atoms with van der Waals surface area (Å²) in [5, 5.41) is 13.5. The quantitative estimate of drug-likeness (QED) is 0.694. The number of halogens is 1. The smallest absolute Gasteiger partial charge is 0.224 e. The van der Waals surface area contributed by atoms with Gasteiger partial charge in [0.2, 0.25) is 5.91 Å². The van der Waals surface area contributed by atoms with Crippen molar-refractivity contribution < 1.29 is 14.3 Å². The molecule has 0 aliphatic carbocycles. The van der Waals surface area contributed by atoms with E-state index in [0.717, 1.165) is 22.3 Å². The van der Waals surface area contributed by atoms with Gasteiger partial charge >= 0.3 is 0 Å². The standard InChI is InChI=1S/C23H22FNO2/c1-23(27,16-25-22(26)15-17-7-13-21(24)14-8-17)20-11-9-19(10-12-20)18-5-3-2-4-6-18/h2-14,27H,15-16H2,1H3,(H,25,26). The first-order chi connectivity index (χ1) is 12.9. The summed E-state index contributed by atoms with van der Waals surface area (Å²) in [4.78, 5) is 12.1. The van der Waals surface area contributed by atoms with Gasteiger partial charge in [-0.1, -0.05) is 66.7 Å². The molecule has 0 spiro atoms. The van der Waals surface area contributed by atoms with Crippen LogP contribution >= 0.6 is 0 Å². The number of aliphatic hydroxyl groups is 1. The van der Waals surface area contributed by atoms with Gasteiger partial charge in [0, 0.05) is 0 Å². The van der Waals surface area contributed by atoms with Crippen molar-refractivity contribution in [3.63, 3.8) is 0 Å². The molecule has 0 aliphatic rings. The second-order valence-electron chi connectivity index (χ2n) is 6.80. The summed E-state index contributed by atoms with van der Waals surface area (Å²) >= 11 is 0. The Kier molecular flexibility index (Phi) is 5.67. The highest BCUT2D eigenvalue weighted by atomic mass is 19.1. The SMILES string of the molecule is CC(O)(CNC(=O)Cc1ccc(F)cc1)c1ccc(-c2ccccc2)cc1. The van der Waals surface area contributed by atoms with Crippen LogP contribution in [0.2, 0.25) is 0 Å². The number of hydrogen-bond acceptors (Lipinski definition) is 2. The molecule has 1 atom stereocenters. The largest absolute Gasteiger partial charge is 0.384 e. The van der Waals surface area contributed by atoms with Crippen molar-refractivity contribution in [2.75, 3.05) is 6.54 Å². The van der Waals surface area contributed by atoms with Crippen LogP contribution in [0.5, 0.6) is 0 Å². The van der Waals surface area contributed by atoms with Gasteiger partial charge in [-0.3, -0.25) is 4.79 Å². The molecule has 0 radical (unpaired) electrons. The summed E-state index contributed by atoms with van der Waals surface area (Å²) in [5.41, 5.74) is 2.44. The van der Waals surface area contributed by atoms with Crippen molar-refractivity contribution in [2.45, 2.75) is 18.9 Å². The van der Waals surface area contributed by atoms with Gasteiger partial charge in [0.15, 0.2) is 0 Å². The van der Waals surface area contributed by atoms with Crippen molar-refractivity contribution in [2.24, 2.45) is 0 Å². The molecule has 138 valence electrons. The van der Waals surface area contributed by atoms with Gasteiger partial charge in [0.1, 0.15) is 11.4 Å². The van der Waals surface area contributed by atoms with E-state index >= 15 is 0 Å². The average Bonchev–Trinajstić information content (AvgIpc) is 2.69. The first-order valence-electron chi connectivity index (χ1n) is 8.83. The molecule has 0 saturated heterocycles. The van der Waals surface area contributed by atoms with E-state index in [4.69, 9.17) is 0 Å². The molecule has 1 amide bonds. The van der Waals surface area contributed by atoms with Gasteiger partial charge in [0.25, 0.3) is 0 Å². The molecule has 3 nitrogen and oxygen atoms in total. The average molecular weight is 363 g/mol. The lowest BCUT2D eigenvalue weighted by atomic mass is 9.93. The maximum atomic E-state index is 12.9. The Hall–Kier alpha value is -2.98. The van der Waals surface area contributed by atoms with E-state index < -0.39 is 5.60 Å². The third-order valence-electron chi connectivity index (χ3n) is 4.52. The van der Waals surface area contributed by atoms with Crippen molar-refractivity contribution in [3.05, 3.63) is 95.8 Å². The predicted octanol–water partition coefficient (Wildman–Crippen LogP) is 4.06. The zero-order valence-corrected chi connectivity index (χ0v) is 15.2. The predicted molar refractivity (Wildman–Crippen MR) is 105 cm³/mol. The number of amides is 1. The topological polar surface area (TPSA) is 49.3 Å². The Bertz CT molecular complexity index is 888. The van der Waals surface area contributed by atoms with Crippen LogP contribution in [0.1, 0.15) is 18.1 Å². The minimum atomic E-state index is -1.19. The Morgan fingerprint density at radius 3 is 2.15 bits per heavy atom. The van der Waals surface area contributed by atoms with E-state index in [1.165, 1.54) is 12.1 Å². The molecule has 1 unspecified atom stereocenters. The number of nitrogens with one attached hydrogen (secondary N) is 1. The lowest BCUT2D eigenvalue weighted by Gasteiger charge is -2.24. The third-order valence-corrected chi connectivity index (χ3v) is 4.52. The molecular weight excluding hydrogens is 341 g/mol. The first-order valence-corrected chi connectivity index (χ1v) is 8.83. The highest BCUT2D eigenvalue weighted by Crippen LogP contribution is 2.24. The molecule has 0 saturated carbocycles. The molecule has 27 heavy (non-hydrogen) atoms. The van der Waals surface area contributed by atoms with E-state index in [2.05, 4.69) is 5.32 Å². The van der Waals surface area contributed by atoms with Crippen LogP contribution in [0.4, 0.5) is 4.39 Å². The lowest BCUT2D eigenvalue weighted by Crippen LogP contribution is -2.39. The maximum absolute atomic E-state index is 12.9. The van der Waals surface area contributed by atoms with Crippen LogP contribution in [-0.4, -0.2) is 17.6 Å². The van der Waals surface area contributed by atoms with Gasteiger partial charge in [-0.2, -0.15) is 0 Å². The van der Waals surface area contributed by atoms with E-state index in [9.17, 15) is 14.3 Å². The Balaban J connectivity index is 1.60. The van der Waals surface area contributed by atoms with Gasteiger partial charge in [-0.15, -0.1) is 0 Å². The highest BCUT2D eigenvalue weighted by molar-refractivity contribution is 5.78. The summed E-state index contributed by atoms with van der Waals surface area (Å²) in [7, 11) is 0. The van der Waals surface area contributed by atoms with Crippen LogP contribution in [0.3, 0.4) is 0 Å². The summed E-state index contributed by atoms with van der Waals surface area (Å²) in [5.74, 6) is -0.552. The van der Waals surface area contributed by atoms with Crippen LogP contribution in [-0.2, 0) is 16.8 Å². The van der Waals surface area contributed by atoms with Gasteiger partial charge < -0.3 is 10.4 Å². The second kappa shape index (κ2) is 8.14. The number of carbonyl (C=O) groups excluding carboxylic acids is 1. The zero-order chi connectivity index (χ0) is 19.3. The molecule has 0 aromatic heterocycles. The Labute approximate surface area is 158 Å². The molecule has 0 aliphatic heterocycles. The van der Waals surface area contributed by atoms with Crippen LogP contribution in [0.25, 0.3) is 11.1 Å². The number of benzene rings is 3. The van der Waals surface area contributed by atoms with Crippen molar-refractivity contribution in [3.8, 4) is 11.1 Å². The minimum absolute atomic E-state index is 0.0950. The minimum Gasteiger partial charge on any atom is -0.384 e. The summed E-state index contributed by atoms with van der Waals surface area (Å²) in [6, 6.07) is 23.5. The summed E-state index contributed by atoms with van der Waals surface area (Å²) in [6.45, 7) is 1.76.